The van der Waals surface area contributed by atoms with Crippen LogP contribution in [0.4, 0.5) is 10.1 Å². The zero-order chi connectivity index (χ0) is 13.8. The fourth-order valence-electron chi connectivity index (χ4n) is 1.31. The molecule has 4 N–H and O–H groups in total. The van der Waals surface area contributed by atoms with Crippen LogP contribution in [0.5, 0.6) is 0 Å². The van der Waals surface area contributed by atoms with Gasteiger partial charge in [0.25, 0.3) is 0 Å². The Morgan fingerprint density at radius 1 is 1.44 bits per heavy atom. The summed E-state index contributed by atoms with van der Waals surface area (Å²) >= 11 is 4.81. The monoisotopic (exact) mass is 291 g/mol. The van der Waals surface area contributed by atoms with E-state index in [2.05, 4.69) is 10.0 Å². The van der Waals surface area contributed by atoms with Crippen LogP contribution >= 0.6 is 12.2 Å². The summed E-state index contributed by atoms with van der Waals surface area (Å²) in [6.45, 7) is 0.557. The number of halogens is 1. The van der Waals surface area contributed by atoms with Crippen LogP contribution in [-0.4, -0.2) is 32.8 Å². The van der Waals surface area contributed by atoms with Gasteiger partial charge in [0.05, 0.1) is 6.26 Å². The van der Waals surface area contributed by atoms with Gasteiger partial charge in [0.15, 0.2) is 0 Å². The van der Waals surface area contributed by atoms with Crippen LogP contribution in [0, 0.1) is 5.82 Å². The Kier molecular flexibility index (Phi) is 5.00. The molecule has 1 aromatic carbocycles. The number of benzene rings is 1. The van der Waals surface area contributed by atoms with Gasteiger partial charge in [-0.2, -0.15) is 0 Å². The van der Waals surface area contributed by atoms with Crippen LogP contribution < -0.4 is 15.8 Å². The first-order valence-corrected chi connectivity index (χ1v) is 7.37. The van der Waals surface area contributed by atoms with E-state index in [-0.39, 0.29) is 11.5 Å². The van der Waals surface area contributed by atoms with Gasteiger partial charge in [-0.3, -0.25) is 0 Å². The third kappa shape index (κ3) is 4.94. The summed E-state index contributed by atoms with van der Waals surface area (Å²) in [7, 11) is -3.21. The summed E-state index contributed by atoms with van der Waals surface area (Å²) in [4.78, 5) is 0.0769. The zero-order valence-electron chi connectivity index (χ0n) is 9.73. The van der Waals surface area contributed by atoms with Crippen LogP contribution in [0.25, 0.3) is 0 Å². The van der Waals surface area contributed by atoms with Crippen molar-refractivity contribution in [1.82, 2.24) is 4.72 Å². The van der Waals surface area contributed by atoms with E-state index < -0.39 is 15.8 Å². The maximum atomic E-state index is 13.0. The van der Waals surface area contributed by atoms with Crippen molar-refractivity contribution in [2.45, 2.75) is 0 Å². The molecule has 0 aromatic heterocycles. The predicted molar refractivity (Wildman–Crippen MR) is 73.6 cm³/mol. The molecule has 0 heterocycles. The summed E-state index contributed by atoms with van der Waals surface area (Å²) in [5.74, 6) is -0.433. The molecule has 18 heavy (non-hydrogen) atoms. The first kappa shape index (κ1) is 14.8. The van der Waals surface area contributed by atoms with Crippen molar-refractivity contribution in [3.05, 3.63) is 29.6 Å². The molecule has 0 aliphatic carbocycles. The molecule has 0 radical (unpaired) electrons. The molecule has 0 aliphatic heterocycles. The molecule has 0 saturated heterocycles. The van der Waals surface area contributed by atoms with Crippen molar-refractivity contribution in [1.29, 1.82) is 0 Å². The SMILES string of the molecule is CS(=O)(=O)NCCNc1ccc(F)cc1C(N)=S. The highest BCUT2D eigenvalue weighted by atomic mass is 32.2. The summed E-state index contributed by atoms with van der Waals surface area (Å²) in [5, 5.41) is 2.93. The molecule has 0 spiro atoms. The van der Waals surface area contributed by atoms with Crippen molar-refractivity contribution in [3.63, 3.8) is 0 Å². The van der Waals surface area contributed by atoms with Gasteiger partial charge in [0.2, 0.25) is 10.0 Å². The van der Waals surface area contributed by atoms with Crippen molar-refractivity contribution in [2.24, 2.45) is 5.73 Å². The maximum Gasteiger partial charge on any atom is 0.208 e. The average Bonchev–Trinajstić information content (AvgIpc) is 2.24. The second-order valence-electron chi connectivity index (χ2n) is 3.65. The summed E-state index contributed by atoms with van der Waals surface area (Å²) < 4.78 is 37.0. The number of anilines is 1. The van der Waals surface area contributed by atoms with Gasteiger partial charge in [-0.25, -0.2) is 17.5 Å². The number of rotatable bonds is 6. The van der Waals surface area contributed by atoms with Crippen molar-refractivity contribution >= 4 is 32.9 Å². The molecule has 8 heteroatoms. The van der Waals surface area contributed by atoms with Crippen LogP contribution in [0.15, 0.2) is 18.2 Å². The molecule has 1 rings (SSSR count). The zero-order valence-corrected chi connectivity index (χ0v) is 11.4. The molecule has 0 saturated carbocycles. The Labute approximate surface area is 111 Å². The molecule has 5 nitrogen and oxygen atoms in total. The highest BCUT2D eigenvalue weighted by Gasteiger charge is 2.06. The quantitative estimate of drug-likeness (QED) is 0.522. The highest BCUT2D eigenvalue weighted by molar-refractivity contribution is 7.88. The van der Waals surface area contributed by atoms with E-state index >= 15 is 0 Å². The van der Waals surface area contributed by atoms with Gasteiger partial charge in [0.1, 0.15) is 10.8 Å². The molecular weight excluding hydrogens is 277 g/mol. The molecule has 100 valence electrons. The number of sulfonamides is 1. The predicted octanol–water partition coefficient (Wildman–Crippen LogP) is 0.421. The average molecular weight is 291 g/mol. The van der Waals surface area contributed by atoms with E-state index in [4.69, 9.17) is 18.0 Å². The minimum Gasteiger partial charge on any atom is -0.389 e. The second kappa shape index (κ2) is 6.07. The van der Waals surface area contributed by atoms with Gasteiger partial charge in [-0.05, 0) is 18.2 Å². The molecule has 0 unspecified atom stereocenters. The Balaban J connectivity index is 2.65. The first-order chi connectivity index (χ1) is 8.29. The maximum absolute atomic E-state index is 13.0. The molecular formula is C10H14FN3O2S2. The Hall–Kier alpha value is -1.25. The normalized spacial score (nSPS) is 11.2. The fraction of sp³-hybridized carbons (Fsp3) is 0.300. The number of hydrogen-bond acceptors (Lipinski definition) is 4. The third-order valence-corrected chi connectivity index (χ3v) is 3.00. The third-order valence-electron chi connectivity index (χ3n) is 2.05. The van der Waals surface area contributed by atoms with Gasteiger partial charge in [-0.15, -0.1) is 0 Å². The van der Waals surface area contributed by atoms with Gasteiger partial charge in [-0.1, -0.05) is 12.2 Å². The highest BCUT2D eigenvalue weighted by Crippen LogP contribution is 2.16. The standard InChI is InChI=1S/C10H14FN3O2S2/c1-18(15,16)14-5-4-13-9-3-2-7(11)6-8(9)10(12)17/h2-3,6,13-14H,4-5H2,1H3,(H2,12,17). The van der Waals surface area contributed by atoms with Gasteiger partial charge in [0, 0.05) is 24.3 Å². The Morgan fingerprint density at radius 2 is 2.11 bits per heavy atom. The molecule has 0 bridgehead atoms. The molecule has 0 amide bonds. The van der Waals surface area contributed by atoms with Crippen LogP contribution in [0.1, 0.15) is 5.56 Å². The summed E-state index contributed by atoms with van der Waals surface area (Å²) in [6, 6.07) is 4.01. The number of nitrogens with two attached hydrogens (primary N) is 1. The van der Waals surface area contributed by atoms with E-state index in [1.165, 1.54) is 18.2 Å². The smallest absolute Gasteiger partial charge is 0.208 e. The Bertz CT molecular complexity index is 546. The van der Waals surface area contributed by atoms with Crippen molar-refractivity contribution in [3.8, 4) is 0 Å². The van der Waals surface area contributed by atoms with Crippen molar-refractivity contribution in [2.75, 3.05) is 24.7 Å². The van der Waals surface area contributed by atoms with E-state index in [1.807, 2.05) is 0 Å². The Morgan fingerprint density at radius 3 is 2.67 bits per heavy atom. The lowest BCUT2D eigenvalue weighted by molar-refractivity contribution is 0.589. The van der Waals surface area contributed by atoms with E-state index in [0.717, 1.165) is 6.26 Å². The summed E-state index contributed by atoms with van der Waals surface area (Å²) in [5.41, 5.74) is 6.43. The molecule has 1 aromatic rings. The lowest BCUT2D eigenvalue weighted by Gasteiger charge is -2.11. The minimum atomic E-state index is -3.21. The second-order valence-corrected chi connectivity index (χ2v) is 5.92. The molecule has 0 fully saturated rings. The number of hydrogen-bond donors (Lipinski definition) is 3. The van der Waals surface area contributed by atoms with Crippen molar-refractivity contribution < 1.29 is 12.8 Å². The number of nitrogens with one attached hydrogen (secondary N) is 2. The summed E-state index contributed by atoms with van der Waals surface area (Å²) in [6.07, 6.45) is 1.07. The largest absolute Gasteiger partial charge is 0.389 e. The number of thiocarbonyl (C=S) groups is 1. The van der Waals surface area contributed by atoms with E-state index in [0.29, 0.717) is 17.8 Å². The lowest BCUT2D eigenvalue weighted by atomic mass is 10.1. The fourth-order valence-corrected chi connectivity index (χ4v) is 1.95. The van der Waals surface area contributed by atoms with Gasteiger partial charge < -0.3 is 11.1 Å². The van der Waals surface area contributed by atoms with E-state index in [9.17, 15) is 12.8 Å². The van der Waals surface area contributed by atoms with Crippen LogP contribution in [0.2, 0.25) is 0 Å². The van der Waals surface area contributed by atoms with Crippen LogP contribution in [-0.2, 0) is 10.0 Å². The lowest BCUT2D eigenvalue weighted by Crippen LogP contribution is -2.28. The van der Waals surface area contributed by atoms with Crippen LogP contribution in [0.3, 0.4) is 0 Å². The topological polar surface area (TPSA) is 84.2 Å². The first-order valence-electron chi connectivity index (χ1n) is 5.07. The minimum absolute atomic E-state index is 0.0769. The van der Waals surface area contributed by atoms with Gasteiger partial charge >= 0.3 is 0 Å². The molecule has 0 aliphatic rings. The van der Waals surface area contributed by atoms with E-state index in [1.54, 1.807) is 0 Å². The molecule has 0 atom stereocenters.